The topological polar surface area (TPSA) is 38.0 Å². The molecule has 2 heteroatoms. The molecule has 0 rings (SSSR count). The van der Waals surface area contributed by atoms with Crippen LogP contribution in [-0.2, 0) is 0 Å². The summed E-state index contributed by atoms with van der Waals surface area (Å²) in [5.41, 5.74) is 6.08. The Morgan fingerprint density at radius 1 is 1.21 bits per heavy atom. The SMILES string of the molecule is CC(N)CCCNCC(C)(C)C(C)C. The standard InChI is InChI=1S/C12H28N2/c1-10(2)12(4,5)9-14-8-6-7-11(3)13/h10-11,14H,6-9,13H2,1-5H3. The summed E-state index contributed by atoms with van der Waals surface area (Å²) in [4.78, 5) is 0. The van der Waals surface area contributed by atoms with Crippen LogP contribution in [0.25, 0.3) is 0 Å². The zero-order valence-corrected chi connectivity index (χ0v) is 10.6. The third-order valence-corrected chi connectivity index (χ3v) is 3.16. The Kier molecular flexibility index (Phi) is 6.38. The molecule has 0 aliphatic heterocycles. The van der Waals surface area contributed by atoms with Crippen molar-refractivity contribution in [2.75, 3.05) is 13.1 Å². The fourth-order valence-corrected chi connectivity index (χ4v) is 1.16. The van der Waals surface area contributed by atoms with Gasteiger partial charge in [-0.3, -0.25) is 0 Å². The zero-order chi connectivity index (χ0) is 11.2. The third kappa shape index (κ3) is 6.39. The summed E-state index contributed by atoms with van der Waals surface area (Å²) in [6.45, 7) is 13.5. The predicted molar refractivity (Wildman–Crippen MR) is 64.4 cm³/mol. The van der Waals surface area contributed by atoms with Crippen molar-refractivity contribution in [3.63, 3.8) is 0 Å². The second-order valence-electron chi connectivity index (χ2n) is 5.44. The average Bonchev–Trinajstić information content (AvgIpc) is 2.02. The summed E-state index contributed by atoms with van der Waals surface area (Å²) in [5, 5.41) is 3.51. The number of nitrogens with one attached hydrogen (secondary N) is 1. The highest BCUT2D eigenvalue weighted by molar-refractivity contribution is 4.74. The van der Waals surface area contributed by atoms with Crippen LogP contribution in [0.15, 0.2) is 0 Å². The monoisotopic (exact) mass is 200 g/mol. The molecule has 0 bridgehead atoms. The Balaban J connectivity index is 3.45. The van der Waals surface area contributed by atoms with Gasteiger partial charge in [0, 0.05) is 12.6 Å². The first-order valence-electron chi connectivity index (χ1n) is 5.82. The van der Waals surface area contributed by atoms with E-state index < -0.39 is 0 Å². The Bertz CT molecular complexity index is 139. The van der Waals surface area contributed by atoms with Crippen molar-refractivity contribution in [1.29, 1.82) is 0 Å². The van der Waals surface area contributed by atoms with Gasteiger partial charge in [0.15, 0.2) is 0 Å². The molecule has 1 unspecified atom stereocenters. The van der Waals surface area contributed by atoms with Crippen LogP contribution in [0.2, 0.25) is 0 Å². The molecular weight excluding hydrogens is 172 g/mol. The normalized spacial score (nSPS) is 14.8. The minimum Gasteiger partial charge on any atom is -0.328 e. The maximum Gasteiger partial charge on any atom is 0.00109 e. The number of hydrogen-bond acceptors (Lipinski definition) is 2. The molecule has 0 aromatic heterocycles. The third-order valence-electron chi connectivity index (χ3n) is 3.16. The molecule has 0 amide bonds. The van der Waals surface area contributed by atoms with E-state index in [-0.39, 0.29) is 0 Å². The van der Waals surface area contributed by atoms with E-state index in [1.54, 1.807) is 0 Å². The van der Waals surface area contributed by atoms with Gasteiger partial charge in [0.25, 0.3) is 0 Å². The van der Waals surface area contributed by atoms with Crippen LogP contribution in [0.4, 0.5) is 0 Å². The minimum absolute atomic E-state index is 0.343. The maximum absolute atomic E-state index is 5.68. The molecule has 0 heterocycles. The van der Waals surface area contributed by atoms with Crippen molar-refractivity contribution in [3.8, 4) is 0 Å². The quantitative estimate of drug-likeness (QED) is 0.619. The van der Waals surface area contributed by atoms with E-state index in [1.807, 2.05) is 0 Å². The highest BCUT2D eigenvalue weighted by Gasteiger charge is 2.21. The molecule has 0 saturated heterocycles. The van der Waals surface area contributed by atoms with Gasteiger partial charge >= 0.3 is 0 Å². The maximum atomic E-state index is 5.68. The van der Waals surface area contributed by atoms with Crippen LogP contribution in [0, 0.1) is 11.3 Å². The molecule has 0 aliphatic rings. The van der Waals surface area contributed by atoms with E-state index in [0.717, 1.165) is 25.4 Å². The van der Waals surface area contributed by atoms with Crippen molar-refractivity contribution in [3.05, 3.63) is 0 Å². The van der Waals surface area contributed by atoms with Gasteiger partial charge in [-0.1, -0.05) is 27.7 Å². The summed E-state index contributed by atoms with van der Waals surface area (Å²) in [7, 11) is 0. The Morgan fingerprint density at radius 3 is 2.21 bits per heavy atom. The van der Waals surface area contributed by atoms with Gasteiger partial charge in [0.05, 0.1) is 0 Å². The van der Waals surface area contributed by atoms with E-state index >= 15 is 0 Å². The van der Waals surface area contributed by atoms with Crippen LogP contribution in [-0.4, -0.2) is 19.1 Å². The number of rotatable bonds is 7. The van der Waals surface area contributed by atoms with Crippen molar-refractivity contribution in [2.24, 2.45) is 17.1 Å². The predicted octanol–water partition coefficient (Wildman–Crippen LogP) is 2.39. The van der Waals surface area contributed by atoms with E-state index in [9.17, 15) is 0 Å². The lowest BCUT2D eigenvalue weighted by Crippen LogP contribution is -2.34. The second kappa shape index (κ2) is 6.41. The Hall–Kier alpha value is -0.0800. The first kappa shape index (κ1) is 13.9. The summed E-state index contributed by atoms with van der Waals surface area (Å²) >= 11 is 0. The van der Waals surface area contributed by atoms with Crippen molar-refractivity contribution < 1.29 is 0 Å². The van der Waals surface area contributed by atoms with Crippen LogP contribution >= 0.6 is 0 Å². The molecule has 0 saturated carbocycles. The van der Waals surface area contributed by atoms with Crippen LogP contribution in [0.5, 0.6) is 0 Å². The van der Waals surface area contributed by atoms with E-state index in [0.29, 0.717) is 11.5 Å². The van der Waals surface area contributed by atoms with Gasteiger partial charge in [0.1, 0.15) is 0 Å². The van der Waals surface area contributed by atoms with Gasteiger partial charge < -0.3 is 11.1 Å². The smallest absolute Gasteiger partial charge is 0.00109 e. The molecule has 1 atom stereocenters. The van der Waals surface area contributed by atoms with Gasteiger partial charge in [-0.25, -0.2) is 0 Å². The molecule has 86 valence electrons. The zero-order valence-electron chi connectivity index (χ0n) is 10.6. The molecule has 0 spiro atoms. The largest absolute Gasteiger partial charge is 0.328 e. The molecule has 0 radical (unpaired) electrons. The van der Waals surface area contributed by atoms with Gasteiger partial charge in [-0.05, 0) is 37.6 Å². The summed E-state index contributed by atoms with van der Waals surface area (Å²) in [6.07, 6.45) is 2.31. The molecule has 0 aliphatic carbocycles. The molecule has 2 nitrogen and oxygen atoms in total. The molecule has 14 heavy (non-hydrogen) atoms. The average molecular weight is 200 g/mol. The van der Waals surface area contributed by atoms with Crippen molar-refractivity contribution >= 4 is 0 Å². The van der Waals surface area contributed by atoms with E-state index in [1.165, 1.54) is 6.42 Å². The summed E-state index contributed by atoms with van der Waals surface area (Å²) in [5.74, 6) is 0.725. The van der Waals surface area contributed by atoms with E-state index in [2.05, 4.69) is 39.9 Å². The van der Waals surface area contributed by atoms with Crippen LogP contribution in [0.1, 0.15) is 47.5 Å². The molecule has 0 fully saturated rings. The summed E-state index contributed by atoms with van der Waals surface area (Å²) < 4.78 is 0. The first-order valence-corrected chi connectivity index (χ1v) is 5.82. The van der Waals surface area contributed by atoms with Crippen molar-refractivity contribution in [2.45, 2.75) is 53.5 Å². The molecule has 0 aromatic carbocycles. The number of hydrogen-bond donors (Lipinski definition) is 2. The van der Waals surface area contributed by atoms with Crippen molar-refractivity contribution in [1.82, 2.24) is 5.32 Å². The lowest BCUT2D eigenvalue weighted by Gasteiger charge is -2.29. The van der Waals surface area contributed by atoms with Crippen LogP contribution < -0.4 is 11.1 Å². The Labute approximate surface area is 89.6 Å². The first-order chi connectivity index (χ1) is 6.36. The Morgan fingerprint density at radius 2 is 1.79 bits per heavy atom. The number of nitrogens with two attached hydrogens (primary N) is 1. The highest BCUT2D eigenvalue weighted by Crippen LogP contribution is 2.24. The van der Waals surface area contributed by atoms with Gasteiger partial charge in [-0.15, -0.1) is 0 Å². The molecular formula is C12H28N2. The fraction of sp³-hybridized carbons (Fsp3) is 1.00. The summed E-state index contributed by atoms with van der Waals surface area (Å²) in [6, 6.07) is 0.343. The molecule has 0 aromatic rings. The fourth-order valence-electron chi connectivity index (χ4n) is 1.16. The second-order valence-corrected chi connectivity index (χ2v) is 5.44. The van der Waals surface area contributed by atoms with E-state index in [4.69, 9.17) is 5.73 Å². The molecule has 3 N–H and O–H groups in total. The van der Waals surface area contributed by atoms with Gasteiger partial charge in [0.2, 0.25) is 0 Å². The minimum atomic E-state index is 0.343. The van der Waals surface area contributed by atoms with Crippen LogP contribution in [0.3, 0.4) is 0 Å². The highest BCUT2D eigenvalue weighted by atomic mass is 14.9. The lowest BCUT2D eigenvalue weighted by molar-refractivity contribution is 0.238. The van der Waals surface area contributed by atoms with Gasteiger partial charge in [-0.2, -0.15) is 0 Å². The lowest BCUT2D eigenvalue weighted by atomic mass is 9.81.